The summed E-state index contributed by atoms with van der Waals surface area (Å²) in [5.41, 5.74) is 1.26. The van der Waals surface area contributed by atoms with E-state index in [0.717, 1.165) is 6.42 Å². The first-order chi connectivity index (χ1) is 3.18. The molecule has 0 heterocycles. The van der Waals surface area contributed by atoms with Crippen molar-refractivity contribution in [3.8, 4) is 0 Å². The van der Waals surface area contributed by atoms with Crippen molar-refractivity contribution in [2.45, 2.75) is 27.2 Å². The minimum Gasteiger partial charge on any atom is -0.242 e. The summed E-state index contributed by atoms with van der Waals surface area (Å²) in [6.07, 6.45) is 1.09. The van der Waals surface area contributed by atoms with Crippen LogP contribution >= 0.6 is 0 Å². The maximum Gasteiger partial charge on any atom is 0 e. The van der Waals surface area contributed by atoms with Crippen molar-refractivity contribution in [2.24, 2.45) is 0 Å². The van der Waals surface area contributed by atoms with E-state index in [0.29, 0.717) is 0 Å². The van der Waals surface area contributed by atoms with Gasteiger partial charge >= 0.3 is 0 Å². The molecule has 0 bridgehead atoms. The molecule has 0 unspecified atom stereocenters. The quantitative estimate of drug-likeness (QED) is 0.581. The maximum atomic E-state index is 3.84. The second-order valence-electron chi connectivity index (χ2n) is 1.96. The van der Waals surface area contributed by atoms with Gasteiger partial charge in [-0.05, 0) is 0 Å². The normalized spacial score (nSPS) is 7.38. The Hall–Kier alpha value is 0.714. The molecule has 0 aliphatic carbocycles. The van der Waals surface area contributed by atoms with Crippen LogP contribution in [-0.4, -0.2) is 0 Å². The Bertz CT molecular complexity index is 64.8. The van der Waals surface area contributed by atoms with Crippen LogP contribution in [0.3, 0.4) is 0 Å². The zero-order chi connectivity index (χ0) is 5.86. The minimum atomic E-state index is 0. The molecule has 0 aliphatic rings. The minimum absolute atomic E-state index is 0. The van der Waals surface area contributed by atoms with Gasteiger partial charge < -0.3 is 0 Å². The Balaban J connectivity index is 0. The van der Waals surface area contributed by atoms with Crippen molar-refractivity contribution in [2.75, 3.05) is 0 Å². The summed E-state index contributed by atoms with van der Waals surface area (Å²) in [6, 6.07) is 0. The molecule has 0 aromatic heterocycles. The predicted octanol–water partition coefficient (Wildman–Crippen LogP) is 2.56. The molecule has 0 atom stereocenters. The van der Waals surface area contributed by atoms with Crippen LogP contribution in [0.25, 0.3) is 0 Å². The Morgan fingerprint density at radius 3 is 1.88 bits per heavy atom. The zero-order valence-electron chi connectivity index (χ0n) is 5.99. The first-order valence-corrected chi connectivity index (χ1v) is 2.66. The number of allylic oxidation sites excluding steroid dienone is 1. The summed E-state index contributed by atoms with van der Waals surface area (Å²) in [7, 11) is 0. The monoisotopic (exact) mass is 186 g/mol. The standard InChI is InChI=1S/C7H13.Y/c1-5-7(4)6(2)3;/h4-5H2,1-3H3;/q-1;. The molecule has 0 amide bonds. The summed E-state index contributed by atoms with van der Waals surface area (Å²) in [5, 5.41) is 0. The van der Waals surface area contributed by atoms with E-state index in [1.807, 2.05) is 0 Å². The molecule has 0 nitrogen and oxygen atoms in total. The molecule has 8 heavy (non-hydrogen) atoms. The largest absolute Gasteiger partial charge is 0.242 e. The Labute approximate surface area is 77.6 Å². The van der Waals surface area contributed by atoms with Crippen LogP contribution < -0.4 is 0 Å². The SMILES string of the molecule is C=C(CC)[C-](C)C.[Y]. The van der Waals surface area contributed by atoms with Crippen LogP contribution in [-0.2, 0) is 32.7 Å². The third kappa shape index (κ3) is 4.86. The topological polar surface area (TPSA) is 0 Å². The average molecular weight is 186 g/mol. The third-order valence-corrected chi connectivity index (χ3v) is 1.13. The smallest absolute Gasteiger partial charge is 0 e. The fourth-order valence-electron chi connectivity index (χ4n) is 0.354. The van der Waals surface area contributed by atoms with E-state index in [1.165, 1.54) is 11.5 Å². The van der Waals surface area contributed by atoms with Gasteiger partial charge in [0.15, 0.2) is 0 Å². The summed E-state index contributed by atoms with van der Waals surface area (Å²) in [5.74, 6) is 1.35. The molecule has 0 fully saturated rings. The molecule has 1 heteroatoms. The number of hydrogen-bond acceptors (Lipinski definition) is 0. The van der Waals surface area contributed by atoms with E-state index < -0.39 is 0 Å². The summed E-state index contributed by atoms with van der Waals surface area (Å²) < 4.78 is 0. The first-order valence-electron chi connectivity index (χ1n) is 2.66. The van der Waals surface area contributed by atoms with E-state index in [-0.39, 0.29) is 32.7 Å². The van der Waals surface area contributed by atoms with E-state index in [2.05, 4.69) is 27.4 Å². The van der Waals surface area contributed by atoms with Crippen LogP contribution in [0.1, 0.15) is 27.2 Å². The van der Waals surface area contributed by atoms with Gasteiger partial charge in [0.25, 0.3) is 0 Å². The predicted molar refractivity (Wildman–Crippen MR) is 34.0 cm³/mol. The fraction of sp³-hybridized carbons (Fsp3) is 0.571. The van der Waals surface area contributed by atoms with Crippen LogP contribution in [0.5, 0.6) is 0 Å². The Morgan fingerprint density at radius 2 is 1.88 bits per heavy atom. The van der Waals surface area contributed by atoms with Crippen molar-refractivity contribution >= 4 is 0 Å². The van der Waals surface area contributed by atoms with E-state index >= 15 is 0 Å². The van der Waals surface area contributed by atoms with Gasteiger partial charge in [0.1, 0.15) is 0 Å². The van der Waals surface area contributed by atoms with Crippen molar-refractivity contribution in [1.29, 1.82) is 0 Å². The molecule has 0 N–H and O–H groups in total. The molecule has 0 rings (SSSR count). The van der Waals surface area contributed by atoms with Crippen LogP contribution in [0, 0.1) is 5.92 Å². The van der Waals surface area contributed by atoms with Crippen molar-refractivity contribution in [3.63, 3.8) is 0 Å². The molecule has 0 aliphatic heterocycles. The summed E-state index contributed by atoms with van der Waals surface area (Å²) in [4.78, 5) is 0. The molecule has 0 aromatic carbocycles. The molecule has 0 spiro atoms. The molecule has 0 aromatic rings. The second-order valence-corrected chi connectivity index (χ2v) is 1.96. The number of hydrogen-bond donors (Lipinski definition) is 0. The number of rotatable bonds is 2. The van der Waals surface area contributed by atoms with Crippen LogP contribution in [0.2, 0.25) is 0 Å². The average Bonchev–Trinajstić information content (AvgIpc) is 1.65. The van der Waals surface area contributed by atoms with Gasteiger partial charge in [-0.25, -0.2) is 18.1 Å². The maximum absolute atomic E-state index is 3.84. The van der Waals surface area contributed by atoms with Crippen molar-refractivity contribution < 1.29 is 32.7 Å². The fourth-order valence-corrected chi connectivity index (χ4v) is 0.354. The molecule has 1 radical (unpaired) electrons. The molecular weight excluding hydrogens is 173 g/mol. The molecular formula is C7H13Y-. The van der Waals surface area contributed by atoms with E-state index in [1.54, 1.807) is 0 Å². The summed E-state index contributed by atoms with van der Waals surface area (Å²) >= 11 is 0. The van der Waals surface area contributed by atoms with Gasteiger partial charge in [-0.2, -0.15) is 0 Å². The van der Waals surface area contributed by atoms with Gasteiger partial charge in [0, 0.05) is 32.7 Å². The molecule has 0 saturated heterocycles. The Morgan fingerprint density at radius 1 is 1.50 bits per heavy atom. The first kappa shape index (κ1) is 11.5. The summed E-state index contributed by atoms with van der Waals surface area (Å²) in [6.45, 7) is 10.1. The zero-order valence-corrected chi connectivity index (χ0v) is 8.83. The molecule has 0 saturated carbocycles. The second kappa shape index (κ2) is 5.84. The van der Waals surface area contributed by atoms with E-state index in [9.17, 15) is 0 Å². The van der Waals surface area contributed by atoms with Gasteiger partial charge in [-0.15, -0.1) is 13.8 Å². The molecule has 45 valence electrons. The van der Waals surface area contributed by atoms with Crippen molar-refractivity contribution in [3.05, 3.63) is 18.1 Å². The van der Waals surface area contributed by atoms with Crippen LogP contribution in [0.4, 0.5) is 0 Å². The van der Waals surface area contributed by atoms with Crippen LogP contribution in [0.15, 0.2) is 12.2 Å². The van der Waals surface area contributed by atoms with E-state index in [4.69, 9.17) is 0 Å². The van der Waals surface area contributed by atoms with Gasteiger partial charge in [0.05, 0.1) is 0 Å². The Kier molecular flexibility index (Phi) is 8.40. The van der Waals surface area contributed by atoms with Crippen molar-refractivity contribution in [1.82, 2.24) is 0 Å². The van der Waals surface area contributed by atoms with Gasteiger partial charge in [-0.1, -0.05) is 13.3 Å². The third-order valence-electron chi connectivity index (χ3n) is 1.13. The van der Waals surface area contributed by atoms with Gasteiger partial charge in [0.2, 0.25) is 0 Å². The van der Waals surface area contributed by atoms with Gasteiger partial charge in [-0.3, -0.25) is 0 Å².